The molecule has 152 valence electrons. The Morgan fingerprint density at radius 2 is 1.83 bits per heavy atom. The molecule has 1 fully saturated rings. The molecule has 2 heterocycles. The summed E-state index contributed by atoms with van der Waals surface area (Å²) in [6.07, 6.45) is 1.47. The number of piperidine rings is 1. The van der Waals surface area contributed by atoms with Crippen LogP contribution < -0.4 is 4.74 Å². The lowest BCUT2D eigenvalue weighted by atomic mass is 9.97. The van der Waals surface area contributed by atoms with Gasteiger partial charge in [0.1, 0.15) is 23.9 Å². The van der Waals surface area contributed by atoms with E-state index in [1.165, 1.54) is 0 Å². The van der Waals surface area contributed by atoms with Crippen LogP contribution in [0.25, 0.3) is 0 Å². The maximum absolute atomic E-state index is 12.5. The van der Waals surface area contributed by atoms with Crippen molar-refractivity contribution in [1.82, 2.24) is 4.90 Å². The Morgan fingerprint density at radius 1 is 1.07 bits per heavy atom. The molecule has 1 atom stereocenters. The summed E-state index contributed by atoms with van der Waals surface area (Å²) in [7, 11) is -3.67. The molecule has 0 radical (unpaired) electrons. The molecule has 1 saturated heterocycles. The van der Waals surface area contributed by atoms with Gasteiger partial charge in [-0.3, -0.25) is 4.79 Å². The number of para-hydroxylation sites is 1. The predicted octanol–water partition coefficient (Wildman–Crippen LogP) is 2.47. The summed E-state index contributed by atoms with van der Waals surface area (Å²) in [6.45, 7) is 1.50. The summed E-state index contributed by atoms with van der Waals surface area (Å²) >= 11 is 0. The first-order valence-electron chi connectivity index (χ1n) is 9.58. The SMILES string of the molecule is O=C(OCCOc1ccccc1)C1CCCN(C2=NS(=O)(=O)c3ccccc32)C1. The van der Waals surface area contributed by atoms with Gasteiger partial charge in [0.05, 0.1) is 5.92 Å². The Labute approximate surface area is 170 Å². The number of rotatable bonds is 5. The van der Waals surface area contributed by atoms with Crippen LogP contribution in [0.5, 0.6) is 5.75 Å². The molecule has 0 amide bonds. The second-order valence-electron chi connectivity index (χ2n) is 7.00. The van der Waals surface area contributed by atoms with Crippen LogP contribution in [0.2, 0.25) is 0 Å². The maximum Gasteiger partial charge on any atom is 0.310 e. The summed E-state index contributed by atoms with van der Waals surface area (Å²) in [5.41, 5.74) is 0.595. The van der Waals surface area contributed by atoms with Crippen LogP contribution in [0.4, 0.5) is 0 Å². The number of likely N-dealkylation sites (tertiary alicyclic amines) is 1. The number of sulfonamides is 1. The average molecular weight is 414 g/mol. The second-order valence-corrected chi connectivity index (χ2v) is 8.57. The molecule has 2 aliphatic heterocycles. The largest absolute Gasteiger partial charge is 0.490 e. The number of fused-ring (bicyclic) bond motifs is 1. The van der Waals surface area contributed by atoms with E-state index in [0.29, 0.717) is 30.9 Å². The van der Waals surface area contributed by atoms with E-state index >= 15 is 0 Å². The van der Waals surface area contributed by atoms with Crippen molar-refractivity contribution in [2.45, 2.75) is 17.7 Å². The minimum atomic E-state index is -3.67. The standard InChI is InChI=1S/C21H22N2O5S/c24-21(28-14-13-27-17-8-2-1-3-9-17)16-7-6-12-23(15-16)20-18-10-4-5-11-19(18)29(25,26)22-20/h1-5,8-11,16H,6-7,12-15H2. The molecule has 2 aromatic rings. The van der Waals surface area contributed by atoms with Gasteiger partial charge in [0.2, 0.25) is 0 Å². The van der Waals surface area contributed by atoms with Crippen LogP contribution in [0.3, 0.4) is 0 Å². The number of carbonyl (C=O) groups is 1. The van der Waals surface area contributed by atoms with E-state index in [1.54, 1.807) is 24.3 Å². The van der Waals surface area contributed by atoms with Crippen LogP contribution in [0.1, 0.15) is 18.4 Å². The van der Waals surface area contributed by atoms with Crippen molar-refractivity contribution in [3.63, 3.8) is 0 Å². The first-order valence-corrected chi connectivity index (χ1v) is 11.0. The molecular weight excluding hydrogens is 392 g/mol. The molecule has 0 bridgehead atoms. The molecule has 4 rings (SSSR count). The van der Waals surface area contributed by atoms with Crippen LogP contribution in [0.15, 0.2) is 63.9 Å². The van der Waals surface area contributed by atoms with E-state index in [1.807, 2.05) is 35.2 Å². The first kappa shape index (κ1) is 19.4. The van der Waals surface area contributed by atoms with Crippen LogP contribution in [-0.4, -0.2) is 51.4 Å². The highest BCUT2D eigenvalue weighted by Crippen LogP contribution is 2.30. The predicted molar refractivity (Wildman–Crippen MR) is 107 cm³/mol. The Bertz CT molecular complexity index is 1020. The number of carbonyl (C=O) groups excluding carboxylic acids is 1. The molecule has 0 N–H and O–H groups in total. The Hall–Kier alpha value is -2.87. The highest BCUT2D eigenvalue weighted by Gasteiger charge is 2.35. The number of nitrogens with zero attached hydrogens (tertiary/aromatic N) is 2. The number of hydrogen-bond donors (Lipinski definition) is 0. The van der Waals surface area contributed by atoms with Crippen molar-refractivity contribution >= 4 is 21.8 Å². The molecule has 1 unspecified atom stereocenters. The normalized spacial score (nSPS) is 19.9. The fourth-order valence-electron chi connectivity index (χ4n) is 3.61. The number of amidine groups is 1. The first-order chi connectivity index (χ1) is 14.0. The summed E-state index contributed by atoms with van der Waals surface area (Å²) in [5, 5.41) is 0. The summed E-state index contributed by atoms with van der Waals surface area (Å²) < 4.78 is 39.5. The lowest BCUT2D eigenvalue weighted by Gasteiger charge is -2.32. The number of hydrogen-bond acceptors (Lipinski definition) is 6. The van der Waals surface area contributed by atoms with Gasteiger partial charge in [0.25, 0.3) is 10.0 Å². The molecule has 2 aromatic carbocycles. The third kappa shape index (κ3) is 4.27. The molecule has 0 saturated carbocycles. The van der Waals surface area contributed by atoms with E-state index in [9.17, 15) is 13.2 Å². The van der Waals surface area contributed by atoms with Gasteiger partial charge in [-0.2, -0.15) is 8.42 Å². The summed E-state index contributed by atoms with van der Waals surface area (Å²) in [4.78, 5) is 14.6. The quantitative estimate of drug-likeness (QED) is 0.552. The van der Waals surface area contributed by atoms with Gasteiger partial charge in [0, 0.05) is 18.7 Å². The highest BCUT2D eigenvalue weighted by atomic mass is 32.2. The van der Waals surface area contributed by atoms with Crippen molar-refractivity contribution in [3.8, 4) is 5.75 Å². The summed E-state index contributed by atoms with van der Waals surface area (Å²) in [6, 6.07) is 16.1. The number of esters is 1. The monoisotopic (exact) mass is 414 g/mol. The van der Waals surface area contributed by atoms with Gasteiger partial charge in [-0.1, -0.05) is 30.3 Å². The van der Waals surface area contributed by atoms with E-state index in [0.717, 1.165) is 12.2 Å². The minimum Gasteiger partial charge on any atom is -0.490 e. The van der Waals surface area contributed by atoms with Crippen LogP contribution in [0, 0.1) is 5.92 Å². The van der Waals surface area contributed by atoms with E-state index < -0.39 is 10.0 Å². The van der Waals surface area contributed by atoms with Gasteiger partial charge in [-0.25, -0.2) is 0 Å². The van der Waals surface area contributed by atoms with Gasteiger partial charge in [-0.15, -0.1) is 4.40 Å². The molecule has 7 nitrogen and oxygen atoms in total. The van der Waals surface area contributed by atoms with E-state index in [4.69, 9.17) is 9.47 Å². The van der Waals surface area contributed by atoms with E-state index in [-0.39, 0.29) is 30.0 Å². The molecular formula is C21H22N2O5S. The lowest BCUT2D eigenvalue weighted by Crippen LogP contribution is -2.43. The fraction of sp³-hybridized carbons (Fsp3) is 0.333. The Kier molecular flexibility index (Phi) is 5.53. The molecule has 8 heteroatoms. The highest BCUT2D eigenvalue weighted by molar-refractivity contribution is 7.90. The van der Waals surface area contributed by atoms with Crippen molar-refractivity contribution in [1.29, 1.82) is 0 Å². The molecule has 2 aliphatic rings. The third-order valence-electron chi connectivity index (χ3n) is 5.01. The van der Waals surface area contributed by atoms with Gasteiger partial charge in [0.15, 0.2) is 5.84 Å². The Balaban J connectivity index is 1.34. The molecule has 0 aromatic heterocycles. The number of benzene rings is 2. The third-order valence-corrected chi connectivity index (χ3v) is 6.33. The molecule has 29 heavy (non-hydrogen) atoms. The van der Waals surface area contributed by atoms with Crippen LogP contribution in [-0.2, 0) is 19.6 Å². The molecule has 0 aliphatic carbocycles. The zero-order valence-corrected chi connectivity index (χ0v) is 16.7. The lowest BCUT2D eigenvalue weighted by molar-refractivity contribution is -0.150. The molecule has 0 spiro atoms. The van der Waals surface area contributed by atoms with E-state index in [2.05, 4.69) is 4.40 Å². The smallest absolute Gasteiger partial charge is 0.310 e. The van der Waals surface area contributed by atoms with Gasteiger partial charge < -0.3 is 14.4 Å². The maximum atomic E-state index is 12.5. The van der Waals surface area contributed by atoms with Crippen molar-refractivity contribution in [2.75, 3.05) is 26.3 Å². The van der Waals surface area contributed by atoms with Crippen LogP contribution >= 0.6 is 0 Å². The van der Waals surface area contributed by atoms with Crippen molar-refractivity contribution in [3.05, 3.63) is 60.2 Å². The zero-order chi connectivity index (χ0) is 20.3. The topological polar surface area (TPSA) is 85.3 Å². The second kappa shape index (κ2) is 8.24. The van der Waals surface area contributed by atoms with Crippen molar-refractivity contribution < 1.29 is 22.7 Å². The Morgan fingerprint density at radius 3 is 2.66 bits per heavy atom. The zero-order valence-electron chi connectivity index (χ0n) is 15.9. The van der Waals surface area contributed by atoms with Gasteiger partial charge in [-0.05, 0) is 37.1 Å². The summed E-state index contributed by atoms with van der Waals surface area (Å²) in [5.74, 6) is 0.539. The minimum absolute atomic E-state index is 0.169. The fourth-order valence-corrected chi connectivity index (χ4v) is 4.84. The average Bonchev–Trinajstić information content (AvgIpc) is 3.03. The van der Waals surface area contributed by atoms with Crippen molar-refractivity contribution in [2.24, 2.45) is 10.3 Å². The van der Waals surface area contributed by atoms with Gasteiger partial charge >= 0.3 is 5.97 Å². The number of ether oxygens (including phenoxy) is 2.